The number of hydrogen-bond donors (Lipinski definition) is 1. The molecule has 5 heteroatoms. The van der Waals surface area contributed by atoms with Gasteiger partial charge in [0.25, 0.3) is 0 Å². The first-order chi connectivity index (χ1) is 7.74. The van der Waals surface area contributed by atoms with E-state index in [-0.39, 0.29) is 0 Å². The maximum absolute atomic E-state index is 4.68. The molecule has 2 aromatic rings. The molecule has 0 radical (unpaired) electrons. The molecule has 0 amide bonds. The highest BCUT2D eigenvalue weighted by Crippen LogP contribution is 2.38. The van der Waals surface area contributed by atoms with Crippen LogP contribution in [0.25, 0.3) is 9.88 Å². The van der Waals surface area contributed by atoms with E-state index in [1.165, 1.54) is 19.2 Å². The van der Waals surface area contributed by atoms with Gasteiger partial charge in [0.05, 0.1) is 14.4 Å². The van der Waals surface area contributed by atoms with Crippen LogP contribution in [0.5, 0.6) is 0 Å². The number of aryl methyl sites for hydroxylation is 1. The van der Waals surface area contributed by atoms with Gasteiger partial charge in [0.15, 0.2) is 0 Å². The first kappa shape index (κ1) is 10.9. The Morgan fingerprint density at radius 1 is 1.38 bits per heavy atom. The summed E-state index contributed by atoms with van der Waals surface area (Å²) in [4.78, 5) is 7.40. The summed E-state index contributed by atoms with van der Waals surface area (Å²) < 4.78 is 1.17. The van der Waals surface area contributed by atoms with Crippen LogP contribution in [0.4, 0.5) is 0 Å². The molecule has 3 heterocycles. The first-order valence-electron chi connectivity index (χ1n) is 5.18. The molecule has 1 aliphatic heterocycles. The Hall–Kier alpha value is -0.230. The van der Waals surface area contributed by atoms with Gasteiger partial charge in [-0.15, -0.1) is 22.7 Å². The Morgan fingerprint density at radius 2 is 2.19 bits per heavy atom. The lowest BCUT2D eigenvalue weighted by Gasteiger charge is -2.26. The van der Waals surface area contributed by atoms with Crippen LogP contribution in [0, 0.1) is 6.92 Å². The van der Waals surface area contributed by atoms with E-state index in [0.29, 0.717) is 5.92 Å². The van der Waals surface area contributed by atoms with Gasteiger partial charge < -0.3 is 5.32 Å². The molecule has 2 aromatic heterocycles. The van der Waals surface area contributed by atoms with E-state index >= 15 is 0 Å². The third-order valence-corrected chi connectivity index (χ3v) is 5.88. The molecule has 2 nitrogen and oxygen atoms in total. The van der Waals surface area contributed by atoms with Crippen LogP contribution in [-0.2, 0) is 0 Å². The predicted molar refractivity (Wildman–Crippen MR) is 73.5 cm³/mol. The Bertz CT molecular complexity index is 514. The summed E-state index contributed by atoms with van der Waals surface area (Å²) in [7, 11) is 0. The van der Waals surface area contributed by atoms with Gasteiger partial charge in [-0.25, -0.2) is 4.98 Å². The number of nitrogens with one attached hydrogen (secondary N) is 1. The molecule has 84 valence electrons. The van der Waals surface area contributed by atoms with Gasteiger partial charge in [0.2, 0.25) is 0 Å². The van der Waals surface area contributed by atoms with Crippen LogP contribution in [-0.4, -0.2) is 18.1 Å². The minimum atomic E-state index is 0.689. The van der Waals surface area contributed by atoms with E-state index in [0.717, 1.165) is 18.1 Å². The number of hydrogen-bond acceptors (Lipinski definition) is 4. The van der Waals surface area contributed by atoms with E-state index in [1.807, 2.05) is 11.3 Å². The van der Waals surface area contributed by atoms with Crippen molar-refractivity contribution >= 4 is 38.6 Å². The number of nitrogens with zero attached hydrogens (tertiary/aromatic N) is 1. The summed E-state index contributed by atoms with van der Waals surface area (Å²) in [6, 6.07) is 4.22. The van der Waals surface area contributed by atoms with Crippen molar-refractivity contribution in [1.29, 1.82) is 0 Å². The molecule has 0 unspecified atom stereocenters. The summed E-state index contributed by atoms with van der Waals surface area (Å²) in [5, 5.41) is 4.48. The Balaban J connectivity index is 1.96. The lowest BCUT2D eigenvalue weighted by molar-refractivity contribution is 0.452. The van der Waals surface area contributed by atoms with Crippen LogP contribution >= 0.6 is 38.6 Å². The molecular formula is C11H11BrN2S2. The molecule has 0 aromatic carbocycles. The maximum Gasteiger partial charge on any atom is 0.133 e. The summed E-state index contributed by atoms with van der Waals surface area (Å²) in [5.74, 6) is 0.689. The SMILES string of the molecule is Cc1nc(-c2ccc(Br)s2)sc1C1CNC1. The molecule has 1 N–H and O–H groups in total. The van der Waals surface area contributed by atoms with E-state index in [2.05, 4.69) is 45.3 Å². The molecule has 16 heavy (non-hydrogen) atoms. The third-order valence-electron chi connectivity index (χ3n) is 2.77. The van der Waals surface area contributed by atoms with Crippen LogP contribution in [0.1, 0.15) is 16.5 Å². The monoisotopic (exact) mass is 314 g/mol. The van der Waals surface area contributed by atoms with Gasteiger partial charge in [-0.05, 0) is 35.0 Å². The fraction of sp³-hybridized carbons (Fsp3) is 0.364. The average Bonchev–Trinajstić information content (AvgIpc) is 2.72. The molecule has 3 rings (SSSR count). The standard InChI is InChI=1S/C11H11BrN2S2/c1-6-10(7-4-13-5-7)16-11(14-6)8-2-3-9(12)15-8/h2-3,7,13H,4-5H2,1H3. The maximum atomic E-state index is 4.68. The van der Waals surface area contributed by atoms with Gasteiger partial charge in [-0.2, -0.15) is 0 Å². The van der Waals surface area contributed by atoms with E-state index < -0.39 is 0 Å². The van der Waals surface area contributed by atoms with E-state index in [1.54, 1.807) is 11.3 Å². The van der Waals surface area contributed by atoms with E-state index in [9.17, 15) is 0 Å². The van der Waals surface area contributed by atoms with Crippen molar-refractivity contribution in [3.05, 3.63) is 26.5 Å². The zero-order valence-corrected chi connectivity index (χ0v) is 12.0. The first-order valence-corrected chi connectivity index (χ1v) is 7.60. The normalized spacial score (nSPS) is 16.4. The quantitative estimate of drug-likeness (QED) is 0.915. The average molecular weight is 315 g/mol. The molecule has 0 atom stereocenters. The molecule has 0 aliphatic carbocycles. The van der Waals surface area contributed by atoms with Crippen LogP contribution < -0.4 is 5.32 Å². The van der Waals surface area contributed by atoms with Gasteiger partial charge in [0, 0.05) is 23.9 Å². The fourth-order valence-electron chi connectivity index (χ4n) is 1.80. The van der Waals surface area contributed by atoms with Gasteiger partial charge >= 0.3 is 0 Å². The van der Waals surface area contributed by atoms with Crippen molar-refractivity contribution in [2.24, 2.45) is 0 Å². The summed E-state index contributed by atoms with van der Waals surface area (Å²) in [5.41, 5.74) is 1.20. The number of halogens is 1. The third kappa shape index (κ3) is 1.86. The number of thiophene rings is 1. The van der Waals surface area contributed by atoms with Crippen molar-refractivity contribution in [2.45, 2.75) is 12.8 Å². The molecule has 0 spiro atoms. The molecular weight excluding hydrogens is 304 g/mol. The van der Waals surface area contributed by atoms with Crippen molar-refractivity contribution < 1.29 is 0 Å². The molecule has 1 saturated heterocycles. The lowest BCUT2D eigenvalue weighted by Crippen LogP contribution is -2.39. The minimum Gasteiger partial charge on any atom is -0.315 e. The second-order valence-electron chi connectivity index (χ2n) is 3.93. The second kappa shape index (κ2) is 4.22. The molecule has 1 fully saturated rings. The zero-order valence-electron chi connectivity index (χ0n) is 8.79. The highest BCUT2D eigenvalue weighted by Gasteiger charge is 2.24. The Kier molecular flexibility index (Phi) is 2.87. The largest absolute Gasteiger partial charge is 0.315 e. The van der Waals surface area contributed by atoms with Gasteiger partial charge in [-0.1, -0.05) is 0 Å². The zero-order chi connectivity index (χ0) is 11.1. The smallest absolute Gasteiger partial charge is 0.133 e. The van der Waals surface area contributed by atoms with Crippen LogP contribution in [0.2, 0.25) is 0 Å². The second-order valence-corrected chi connectivity index (χ2v) is 7.42. The van der Waals surface area contributed by atoms with Crippen molar-refractivity contribution in [3.63, 3.8) is 0 Å². The molecule has 0 saturated carbocycles. The van der Waals surface area contributed by atoms with Crippen LogP contribution in [0.3, 0.4) is 0 Å². The molecule has 1 aliphatic rings. The summed E-state index contributed by atoms with van der Waals surface area (Å²) in [6.07, 6.45) is 0. The van der Waals surface area contributed by atoms with Crippen LogP contribution in [0.15, 0.2) is 15.9 Å². The fourth-order valence-corrected chi connectivity index (χ4v) is 4.40. The predicted octanol–water partition coefficient (Wildman–Crippen LogP) is 3.63. The van der Waals surface area contributed by atoms with Crippen molar-refractivity contribution in [2.75, 3.05) is 13.1 Å². The van der Waals surface area contributed by atoms with Gasteiger partial charge in [-0.3, -0.25) is 0 Å². The number of aromatic nitrogens is 1. The Morgan fingerprint density at radius 3 is 2.75 bits per heavy atom. The van der Waals surface area contributed by atoms with Crippen molar-refractivity contribution in [1.82, 2.24) is 10.3 Å². The lowest BCUT2D eigenvalue weighted by atomic mass is 10.0. The minimum absolute atomic E-state index is 0.689. The summed E-state index contributed by atoms with van der Waals surface area (Å²) >= 11 is 7.09. The van der Waals surface area contributed by atoms with Crippen molar-refractivity contribution in [3.8, 4) is 9.88 Å². The highest BCUT2D eigenvalue weighted by atomic mass is 79.9. The van der Waals surface area contributed by atoms with E-state index in [4.69, 9.17) is 0 Å². The Labute approximate surface area is 111 Å². The summed E-state index contributed by atoms with van der Waals surface area (Å²) in [6.45, 7) is 4.34. The number of rotatable bonds is 2. The topological polar surface area (TPSA) is 24.9 Å². The number of thiazole rings is 1. The highest BCUT2D eigenvalue weighted by molar-refractivity contribution is 9.11. The molecule has 0 bridgehead atoms. The van der Waals surface area contributed by atoms with Gasteiger partial charge in [0.1, 0.15) is 5.01 Å².